The molecule has 1 fully saturated rings. The molecule has 112 valence electrons. The van der Waals surface area contributed by atoms with Crippen molar-refractivity contribution in [2.45, 2.75) is 51.3 Å². The highest BCUT2D eigenvalue weighted by Crippen LogP contribution is 2.33. The summed E-state index contributed by atoms with van der Waals surface area (Å²) < 4.78 is 5.92. The minimum atomic E-state index is 0.343. The van der Waals surface area contributed by atoms with Gasteiger partial charge in [0.2, 0.25) is 0 Å². The summed E-state index contributed by atoms with van der Waals surface area (Å²) in [5, 5.41) is 5.99. The first kappa shape index (κ1) is 14.5. The van der Waals surface area contributed by atoms with Crippen LogP contribution in [0, 0.1) is 0 Å². The fourth-order valence-electron chi connectivity index (χ4n) is 3.31. The number of nitrogens with one attached hydrogen (secondary N) is 1. The average Bonchev–Trinajstić information content (AvgIpc) is 2.94. The summed E-state index contributed by atoms with van der Waals surface area (Å²) in [4.78, 5) is 4.11. The Morgan fingerprint density at radius 3 is 3.25 bits per heavy atom. The van der Waals surface area contributed by atoms with Gasteiger partial charge >= 0.3 is 0 Å². The van der Waals surface area contributed by atoms with Crippen LogP contribution in [-0.2, 0) is 11.2 Å². The summed E-state index contributed by atoms with van der Waals surface area (Å²) >= 11 is 1.92. The topological polar surface area (TPSA) is 24.5 Å². The molecule has 2 heterocycles. The molecular weight excluding hydrogens is 268 g/mol. The fourth-order valence-corrected chi connectivity index (χ4v) is 4.29. The second-order valence-corrected chi connectivity index (χ2v) is 7.23. The Kier molecular flexibility index (Phi) is 4.76. The van der Waals surface area contributed by atoms with E-state index in [0.717, 1.165) is 26.2 Å². The van der Waals surface area contributed by atoms with E-state index in [4.69, 9.17) is 4.74 Å². The van der Waals surface area contributed by atoms with E-state index in [2.05, 4.69) is 35.5 Å². The van der Waals surface area contributed by atoms with Crippen LogP contribution in [0.3, 0.4) is 0 Å². The number of fused-ring (bicyclic) bond motifs is 1. The summed E-state index contributed by atoms with van der Waals surface area (Å²) in [7, 11) is 0. The Labute approximate surface area is 126 Å². The number of hydrogen-bond donors (Lipinski definition) is 1. The molecule has 1 N–H and O–H groups in total. The predicted octanol–water partition coefficient (Wildman–Crippen LogP) is 2.82. The maximum atomic E-state index is 5.92. The molecule has 4 heteroatoms. The van der Waals surface area contributed by atoms with E-state index in [1.165, 1.54) is 24.8 Å². The molecule has 0 bridgehead atoms. The number of ether oxygens (including phenoxy) is 1. The number of aryl methyl sites for hydroxylation is 1. The number of hydrogen-bond acceptors (Lipinski definition) is 4. The first-order valence-electron chi connectivity index (χ1n) is 7.89. The molecule has 1 aliphatic carbocycles. The third kappa shape index (κ3) is 3.25. The molecule has 0 amide bonds. The fraction of sp³-hybridized carbons (Fsp3) is 0.750. The highest BCUT2D eigenvalue weighted by molar-refractivity contribution is 7.10. The Balaban J connectivity index is 1.53. The molecule has 2 aliphatic rings. The molecular formula is C16H26N2OS. The number of morpholine rings is 1. The van der Waals surface area contributed by atoms with Crippen LogP contribution in [0.5, 0.6) is 0 Å². The van der Waals surface area contributed by atoms with E-state index in [-0.39, 0.29) is 0 Å². The number of nitrogens with zero attached hydrogens (tertiary/aromatic N) is 1. The molecule has 1 aromatic heterocycles. The molecule has 2 unspecified atom stereocenters. The second-order valence-electron chi connectivity index (χ2n) is 6.23. The van der Waals surface area contributed by atoms with Crippen molar-refractivity contribution in [3.63, 3.8) is 0 Å². The van der Waals surface area contributed by atoms with Crippen molar-refractivity contribution in [2.75, 3.05) is 26.2 Å². The third-order valence-corrected chi connectivity index (χ3v) is 5.54. The first-order valence-corrected chi connectivity index (χ1v) is 8.77. The van der Waals surface area contributed by atoms with Crippen molar-refractivity contribution in [1.29, 1.82) is 0 Å². The summed E-state index contributed by atoms with van der Waals surface area (Å²) in [5.41, 5.74) is 1.54. The van der Waals surface area contributed by atoms with E-state index < -0.39 is 0 Å². The van der Waals surface area contributed by atoms with Gasteiger partial charge in [0.25, 0.3) is 0 Å². The van der Waals surface area contributed by atoms with Gasteiger partial charge in [-0.15, -0.1) is 11.3 Å². The van der Waals surface area contributed by atoms with Crippen LogP contribution >= 0.6 is 11.3 Å². The second kappa shape index (κ2) is 6.56. The predicted molar refractivity (Wildman–Crippen MR) is 84.4 cm³/mol. The summed E-state index contributed by atoms with van der Waals surface area (Å²) in [6, 6.07) is 3.47. The maximum absolute atomic E-state index is 5.92. The lowest BCUT2D eigenvalue weighted by atomic mass is 9.94. The lowest BCUT2D eigenvalue weighted by Crippen LogP contribution is -2.49. The highest BCUT2D eigenvalue weighted by atomic mass is 32.1. The van der Waals surface area contributed by atoms with Gasteiger partial charge in [-0.3, -0.25) is 4.90 Å². The Hall–Kier alpha value is -0.420. The van der Waals surface area contributed by atoms with Gasteiger partial charge in [0, 0.05) is 36.6 Å². The molecule has 0 spiro atoms. The zero-order chi connectivity index (χ0) is 13.9. The summed E-state index contributed by atoms with van der Waals surface area (Å²) in [6.07, 6.45) is 4.20. The van der Waals surface area contributed by atoms with Crippen molar-refractivity contribution in [1.82, 2.24) is 10.2 Å². The molecule has 0 aromatic carbocycles. The average molecular weight is 294 g/mol. The van der Waals surface area contributed by atoms with Crippen LogP contribution in [-0.4, -0.2) is 43.3 Å². The van der Waals surface area contributed by atoms with Crippen molar-refractivity contribution >= 4 is 11.3 Å². The molecule has 2 atom stereocenters. The molecule has 1 aromatic rings. The zero-order valence-corrected chi connectivity index (χ0v) is 13.4. The van der Waals surface area contributed by atoms with E-state index in [1.807, 2.05) is 11.3 Å². The maximum Gasteiger partial charge on any atom is 0.0827 e. The molecule has 3 rings (SSSR count). The van der Waals surface area contributed by atoms with Gasteiger partial charge in [0.1, 0.15) is 0 Å². The molecule has 0 saturated carbocycles. The van der Waals surface area contributed by atoms with Crippen molar-refractivity contribution < 1.29 is 4.74 Å². The van der Waals surface area contributed by atoms with E-state index >= 15 is 0 Å². The number of thiophene rings is 1. The van der Waals surface area contributed by atoms with Crippen LogP contribution in [0.15, 0.2) is 11.4 Å². The molecule has 20 heavy (non-hydrogen) atoms. The minimum absolute atomic E-state index is 0.343. The summed E-state index contributed by atoms with van der Waals surface area (Å²) in [5.74, 6) is 0. The molecule has 3 nitrogen and oxygen atoms in total. The Morgan fingerprint density at radius 2 is 2.40 bits per heavy atom. The lowest BCUT2D eigenvalue weighted by molar-refractivity contribution is -0.0383. The van der Waals surface area contributed by atoms with Crippen molar-refractivity contribution in [3.05, 3.63) is 21.9 Å². The largest absolute Gasteiger partial charge is 0.374 e. The standard InChI is InChI=1S/C16H26N2OS/c1-12(2)18-7-8-19-13(11-18)10-17-15-4-3-5-16-14(15)6-9-20-16/h6,9,12-13,15,17H,3-5,7-8,10-11H2,1-2H3. The van der Waals surface area contributed by atoms with Gasteiger partial charge in [-0.05, 0) is 50.1 Å². The van der Waals surface area contributed by atoms with Crippen LogP contribution in [0.1, 0.15) is 43.2 Å². The molecule has 0 radical (unpaired) electrons. The van der Waals surface area contributed by atoms with E-state index in [1.54, 1.807) is 4.88 Å². The quantitative estimate of drug-likeness (QED) is 0.924. The number of rotatable bonds is 4. The minimum Gasteiger partial charge on any atom is -0.374 e. The van der Waals surface area contributed by atoms with Gasteiger partial charge in [-0.1, -0.05) is 0 Å². The van der Waals surface area contributed by atoms with Crippen molar-refractivity contribution in [3.8, 4) is 0 Å². The van der Waals surface area contributed by atoms with Gasteiger partial charge in [-0.2, -0.15) is 0 Å². The Bertz CT molecular complexity index is 432. The van der Waals surface area contributed by atoms with Gasteiger partial charge in [0.15, 0.2) is 0 Å². The third-order valence-electron chi connectivity index (χ3n) is 4.54. The van der Waals surface area contributed by atoms with Crippen LogP contribution < -0.4 is 5.32 Å². The monoisotopic (exact) mass is 294 g/mol. The van der Waals surface area contributed by atoms with Crippen molar-refractivity contribution in [2.24, 2.45) is 0 Å². The SMILES string of the molecule is CC(C)N1CCOC(CNC2CCCc3sccc32)C1. The summed E-state index contributed by atoms with van der Waals surface area (Å²) in [6.45, 7) is 8.53. The van der Waals surface area contributed by atoms with Gasteiger partial charge in [0.05, 0.1) is 12.7 Å². The van der Waals surface area contributed by atoms with E-state index in [9.17, 15) is 0 Å². The first-order chi connectivity index (χ1) is 9.74. The zero-order valence-electron chi connectivity index (χ0n) is 12.6. The van der Waals surface area contributed by atoms with Crippen LogP contribution in [0.25, 0.3) is 0 Å². The molecule has 1 saturated heterocycles. The molecule has 1 aliphatic heterocycles. The lowest BCUT2D eigenvalue weighted by Gasteiger charge is -2.36. The van der Waals surface area contributed by atoms with Crippen LogP contribution in [0.4, 0.5) is 0 Å². The van der Waals surface area contributed by atoms with E-state index in [0.29, 0.717) is 18.2 Å². The van der Waals surface area contributed by atoms with Crippen LogP contribution in [0.2, 0.25) is 0 Å². The smallest absolute Gasteiger partial charge is 0.0827 e. The normalized spacial score (nSPS) is 27.8. The van der Waals surface area contributed by atoms with Gasteiger partial charge < -0.3 is 10.1 Å². The highest BCUT2D eigenvalue weighted by Gasteiger charge is 2.25. The van der Waals surface area contributed by atoms with Gasteiger partial charge in [-0.25, -0.2) is 0 Å². The Morgan fingerprint density at radius 1 is 1.50 bits per heavy atom.